The molecule has 0 aliphatic carbocycles. The molecule has 1 aliphatic heterocycles. The third-order valence-electron chi connectivity index (χ3n) is 4.63. The maximum absolute atomic E-state index is 5.58. The van der Waals surface area contributed by atoms with Crippen molar-refractivity contribution in [2.45, 2.75) is 32.9 Å². The SMILES string of the molecule is CCNC(=NCc1ccccc1COC)NCCc1ccc2c(c1)CCO2. The smallest absolute Gasteiger partial charge is 0.191 e. The number of guanidine groups is 1. The van der Waals surface area contributed by atoms with E-state index in [9.17, 15) is 0 Å². The Morgan fingerprint density at radius 1 is 1.15 bits per heavy atom. The van der Waals surface area contributed by atoms with Crippen molar-refractivity contribution in [1.82, 2.24) is 10.6 Å². The molecule has 2 aromatic carbocycles. The Morgan fingerprint density at radius 3 is 2.81 bits per heavy atom. The van der Waals surface area contributed by atoms with Gasteiger partial charge in [-0.25, -0.2) is 4.99 Å². The fourth-order valence-corrected chi connectivity index (χ4v) is 3.23. The van der Waals surface area contributed by atoms with Gasteiger partial charge in [0, 0.05) is 26.6 Å². The number of nitrogens with zero attached hydrogens (tertiary/aromatic N) is 1. The first kappa shape index (κ1) is 19.2. The molecule has 0 saturated heterocycles. The van der Waals surface area contributed by atoms with Crippen molar-refractivity contribution < 1.29 is 9.47 Å². The lowest BCUT2D eigenvalue weighted by molar-refractivity contribution is 0.184. The maximum atomic E-state index is 5.58. The highest BCUT2D eigenvalue weighted by atomic mass is 16.5. The molecular weight excluding hydrogens is 338 g/mol. The summed E-state index contributed by atoms with van der Waals surface area (Å²) < 4.78 is 10.9. The molecular formula is C22H29N3O2. The van der Waals surface area contributed by atoms with E-state index in [4.69, 9.17) is 14.5 Å². The first-order valence-corrected chi connectivity index (χ1v) is 9.62. The Bertz CT molecular complexity index is 774. The van der Waals surface area contributed by atoms with Gasteiger partial charge >= 0.3 is 0 Å². The van der Waals surface area contributed by atoms with E-state index in [1.165, 1.54) is 22.3 Å². The summed E-state index contributed by atoms with van der Waals surface area (Å²) in [5.74, 6) is 1.88. The van der Waals surface area contributed by atoms with Gasteiger partial charge in [-0.1, -0.05) is 36.4 Å². The predicted octanol–water partition coefficient (Wildman–Crippen LogP) is 3.07. The van der Waals surface area contributed by atoms with Crippen LogP contribution in [0, 0.1) is 0 Å². The van der Waals surface area contributed by atoms with Crippen LogP contribution in [0.15, 0.2) is 47.5 Å². The molecule has 27 heavy (non-hydrogen) atoms. The van der Waals surface area contributed by atoms with E-state index in [0.717, 1.165) is 44.2 Å². The second-order valence-electron chi connectivity index (χ2n) is 6.61. The third-order valence-corrected chi connectivity index (χ3v) is 4.63. The number of rotatable bonds is 8. The van der Waals surface area contributed by atoms with Crippen molar-refractivity contribution in [3.8, 4) is 5.75 Å². The predicted molar refractivity (Wildman–Crippen MR) is 109 cm³/mol. The van der Waals surface area contributed by atoms with Crippen molar-refractivity contribution in [2.75, 3.05) is 26.8 Å². The molecule has 0 aromatic heterocycles. The Balaban J connectivity index is 1.56. The average Bonchev–Trinajstić information content (AvgIpc) is 3.15. The van der Waals surface area contributed by atoms with Crippen molar-refractivity contribution in [1.29, 1.82) is 0 Å². The van der Waals surface area contributed by atoms with E-state index >= 15 is 0 Å². The van der Waals surface area contributed by atoms with E-state index in [0.29, 0.717) is 13.2 Å². The number of hydrogen-bond acceptors (Lipinski definition) is 3. The minimum atomic E-state index is 0.609. The van der Waals surface area contributed by atoms with Crippen molar-refractivity contribution >= 4 is 5.96 Å². The second-order valence-corrected chi connectivity index (χ2v) is 6.61. The minimum Gasteiger partial charge on any atom is -0.493 e. The van der Waals surface area contributed by atoms with E-state index in [2.05, 4.69) is 47.9 Å². The van der Waals surface area contributed by atoms with Gasteiger partial charge in [0.05, 0.1) is 19.8 Å². The Labute approximate surface area is 161 Å². The van der Waals surface area contributed by atoms with Crippen LogP contribution in [0.1, 0.15) is 29.2 Å². The molecule has 2 N–H and O–H groups in total. The molecule has 0 saturated carbocycles. The lowest BCUT2D eigenvalue weighted by atomic mass is 10.1. The van der Waals surface area contributed by atoms with Gasteiger partial charge in [0.1, 0.15) is 5.75 Å². The summed E-state index contributed by atoms with van der Waals surface area (Å²) in [6.07, 6.45) is 1.97. The Kier molecular flexibility index (Phi) is 7.11. The zero-order chi connectivity index (χ0) is 18.9. The van der Waals surface area contributed by atoms with Crippen LogP contribution in [0.2, 0.25) is 0 Å². The summed E-state index contributed by atoms with van der Waals surface area (Å²) in [6.45, 7) is 5.80. The molecule has 1 heterocycles. The number of benzene rings is 2. The highest BCUT2D eigenvalue weighted by Gasteiger charge is 2.11. The van der Waals surface area contributed by atoms with Gasteiger partial charge in [0.2, 0.25) is 0 Å². The molecule has 0 amide bonds. The number of nitrogens with one attached hydrogen (secondary N) is 2. The first-order valence-electron chi connectivity index (χ1n) is 9.62. The van der Waals surface area contributed by atoms with Gasteiger partial charge in [-0.05, 0) is 41.7 Å². The zero-order valence-electron chi connectivity index (χ0n) is 16.3. The maximum Gasteiger partial charge on any atom is 0.191 e. The summed E-state index contributed by atoms with van der Waals surface area (Å²) in [5.41, 5.74) is 5.02. The van der Waals surface area contributed by atoms with E-state index in [1.54, 1.807) is 7.11 Å². The van der Waals surface area contributed by atoms with Gasteiger partial charge in [-0.15, -0.1) is 0 Å². The van der Waals surface area contributed by atoms with E-state index < -0.39 is 0 Å². The van der Waals surface area contributed by atoms with Crippen LogP contribution >= 0.6 is 0 Å². The Morgan fingerprint density at radius 2 is 2.00 bits per heavy atom. The average molecular weight is 367 g/mol. The summed E-state index contributed by atoms with van der Waals surface area (Å²) in [7, 11) is 1.72. The largest absolute Gasteiger partial charge is 0.493 e. The third kappa shape index (κ3) is 5.47. The monoisotopic (exact) mass is 367 g/mol. The molecule has 2 aromatic rings. The number of ether oxygens (including phenoxy) is 2. The van der Waals surface area contributed by atoms with Crippen molar-refractivity contribution in [3.05, 3.63) is 64.7 Å². The lowest BCUT2D eigenvalue weighted by Gasteiger charge is -2.13. The highest BCUT2D eigenvalue weighted by molar-refractivity contribution is 5.79. The molecule has 0 atom stereocenters. The van der Waals surface area contributed by atoms with Crippen LogP contribution < -0.4 is 15.4 Å². The van der Waals surface area contributed by atoms with Crippen LogP contribution in [0.25, 0.3) is 0 Å². The van der Waals surface area contributed by atoms with E-state index in [-0.39, 0.29) is 0 Å². The van der Waals surface area contributed by atoms with Gasteiger partial charge in [0.25, 0.3) is 0 Å². The molecule has 144 valence electrons. The first-order chi connectivity index (χ1) is 13.3. The van der Waals surface area contributed by atoms with Crippen LogP contribution in [0.5, 0.6) is 5.75 Å². The molecule has 0 radical (unpaired) electrons. The molecule has 0 unspecified atom stereocenters. The van der Waals surface area contributed by atoms with Crippen LogP contribution in [-0.4, -0.2) is 32.8 Å². The standard InChI is InChI=1S/C22H29N3O2/c1-3-23-22(25-15-19-6-4-5-7-20(19)16-26-2)24-12-10-17-8-9-21-18(14-17)11-13-27-21/h4-9,14H,3,10-13,15-16H2,1-2H3,(H2,23,24,25). The molecule has 0 spiro atoms. The Hall–Kier alpha value is -2.53. The molecule has 0 bridgehead atoms. The van der Waals surface area contributed by atoms with Crippen molar-refractivity contribution in [3.63, 3.8) is 0 Å². The van der Waals surface area contributed by atoms with Gasteiger partial charge < -0.3 is 20.1 Å². The van der Waals surface area contributed by atoms with Gasteiger partial charge in [-0.3, -0.25) is 0 Å². The highest BCUT2D eigenvalue weighted by Crippen LogP contribution is 2.25. The normalized spacial score (nSPS) is 13.2. The fourth-order valence-electron chi connectivity index (χ4n) is 3.23. The fraction of sp³-hybridized carbons (Fsp3) is 0.409. The summed E-state index contributed by atoms with van der Waals surface area (Å²) in [4.78, 5) is 4.73. The molecule has 5 heteroatoms. The number of fused-ring (bicyclic) bond motifs is 1. The topological polar surface area (TPSA) is 54.9 Å². The second kappa shape index (κ2) is 9.97. The quantitative estimate of drug-likeness (QED) is 0.556. The molecule has 0 fully saturated rings. The summed E-state index contributed by atoms with van der Waals surface area (Å²) in [6, 6.07) is 14.8. The lowest BCUT2D eigenvalue weighted by Crippen LogP contribution is -2.38. The molecule has 5 nitrogen and oxygen atoms in total. The molecule has 1 aliphatic rings. The van der Waals surface area contributed by atoms with E-state index in [1.807, 2.05) is 12.1 Å². The zero-order valence-corrected chi connectivity index (χ0v) is 16.3. The van der Waals surface area contributed by atoms with Crippen LogP contribution in [-0.2, 0) is 30.7 Å². The minimum absolute atomic E-state index is 0.609. The number of methoxy groups -OCH3 is 1. The van der Waals surface area contributed by atoms with Gasteiger partial charge in [-0.2, -0.15) is 0 Å². The van der Waals surface area contributed by atoms with Crippen LogP contribution in [0.4, 0.5) is 0 Å². The van der Waals surface area contributed by atoms with Crippen LogP contribution in [0.3, 0.4) is 0 Å². The number of aliphatic imine (C=N–C) groups is 1. The summed E-state index contributed by atoms with van der Waals surface area (Å²) in [5, 5.41) is 6.75. The summed E-state index contributed by atoms with van der Waals surface area (Å²) >= 11 is 0. The molecule has 3 rings (SSSR count). The van der Waals surface area contributed by atoms with Gasteiger partial charge in [0.15, 0.2) is 5.96 Å². The van der Waals surface area contributed by atoms with Crippen molar-refractivity contribution in [2.24, 2.45) is 4.99 Å². The number of hydrogen-bond donors (Lipinski definition) is 2.